The Morgan fingerprint density at radius 1 is 1.37 bits per heavy atom. The number of hydrogen-bond donors (Lipinski definition) is 2. The molecule has 4 nitrogen and oxygen atoms in total. The van der Waals surface area contributed by atoms with Crippen molar-refractivity contribution >= 4 is 22.8 Å². The van der Waals surface area contributed by atoms with Gasteiger partial charge in [0.2, 0.25) is 5.88 Å². The molecule has 2 aromatic rings. The molecule has 2 aromatic heterocycles. The maximum absolute atomic E-state index is 5.85. The molecule has 0 aliphatic heterocycles. The standard InChI is InChI=1S/C14H19N3OS/c1-10(2)8-18-14-12(15)3-4-13(17-14)16-7-11-5-6-19-9-11/h3-6,9-10H,7-8,15H2,1-2H3,(H,16,17). The maximum atomic E-state index is 5.85. The first-order valence-electron chi connectivity index (χ1n) is 6.29. The summed E-state index contributed by atoms with van der Waals surface area (Å²) in [5, 5.41) is 7.43. The van der Waals surface area contributed by atoms with E-state index in [4.69, 9.17) is 10.5 Å². The minimum atomic E-state index is 0.448. The van der Waals surface area contributed by atoms with Crippen LogP contribution in [0.3, 0.4) is 0 Å². The lowest BCUT2D eigenvalue weighted by molar-refractivity contribution is 0.263. The van der Waals surface area contributed by atoms with E-state index in [-0.39, 0.29) is 0 Å². The highest BCUT2D eigenvalue weighted by Gasteiger charge is 2.05. The van der Waals surface area contributed by atoms with Crippen molar-refractivity contribution in [2.45, 2.75) is 20.4 Å². The molecule has 2 rings (SSSR count). The second kappa shape index (κ2) is 6.43. The summed E-state index contributed by atoms with van der Waals surface area (Å²) >= 11 is 1.69. The third-order valence-electron chi connectivity index (χ3n) is 2.50. The SMILES string of the molecule is CC(C)COc1nc(NCc2ccsc2)ccc1N. The predicted octanol–water partition coefficient (Wildman–Crippen LogP) is 3.37. The molecule has 3 N–H and O–H groups in total. The second-order valence-corrected chi connectivity index (χ2v) is 5.56. The minimum absolute atomic E-state index is 0.448. The lowest BCUT2D eigenvalue weighted by Gasteiger charge is -2.12. The van der Waals surface area contributed by atoms with E-state index < -0.39 is 0 Å². The van der Waals surface area contributed by atoms with E-state index in [1.165, 1.54) is 5.56 Å². The van der Waals surface area contributed by atoms with Crippen LogP contribution in [0.15, 0.2) is 29.0 Å². The molecule has 0 saturated carbocycles. The normalized spacial score (nSPS) is 10.7. The van der Waals surface area contributed by atoms with Crippen molar-refractivity contribution in [3.05, 3.63) is 34.5 Å². The maximum Gasteiger partial charge on any atom is 0.239 e. The van der Waals surface area contributed by atoms with Crippen molar-refractivity contribution in [3.8, 4) is 5.88 Å². The van der Waals surface area contributed by atoms with Crippen LogP contribution in [0.4, 0.5) is 11.5 Å². The molecule has 2 heterocycles. The summed E-state index contributed by atoms with van der Waals surface area (Å²) in [4.78, 5) is 4.39. The highest BCUT2D eigenvalue weighted by atomic mass is 32.1. The summed E-state index contributed by atoms with van der Waals surface area (Å²) in [6.45, 7) is 5.55. The Hall–Kier alpha value is -1.75. The van der Waals surface area contributed by atoms with Crippen LogP contribution >= 0.6 is 11.3 Å². The molecule has 0 unspecified atom stereocenters. The molecule has 0 saturated heterocycles. The molecule has 0 aliphatic rings. The van der Waals surface area contributed by atoms with Gasteiger partial charge in [0.05, 0.1) is 12.3 Å². The lowest BCUT2D eigenvalue weighted by atomic mass is 10.2. The number of nitrogens with one attached hydrogen (secondary N) is 1. The van der Waals surface area contributed by atoms with Crippen molar-refractivity contribution in [3.63, 3.8) is 0 Å². The van der Waals surface area contributed by atoms with Crippen LogP contribution in [0.5, 0.6) is 5.88 Å². The van der Waals surface area contributed by atoms with Gasteiger partial charge >= 0.3 is 0 Å². The summed E-state index contributed by atoms with van der Waals surface area (Å²) in [5.74, 6) is 1.73. The summed E-state index contributed by atoms with van der Waals surface area (Å²) in [7, 11) is 0. The zero-order valence-electron chi connectivity index (χ0n) is 11.2. The van der Waals surface area contributed by atoms with Gasteiger partial charge < -0.3 is 15.8 Å². The van der Waals surface area contributed by atoms with Crippen LogP contribution < -0.4 is 15.8 Å². The Morgan fingerprint density at radius 3 is 2.89 bits per heavy atom. The molecule has 5 heteroatoms. The van der Waals surface area contributed by atoms with Gasteiger partial charge in [-0.1, -0.05) is 13.8 Å². The smallest absolute Gasteiger partial charge is 0.239 e. The van der Waals surface area contributed by atoms with Crippen LogP contribution in [0.2, 0.25) is 0 Å². The van der Waals surface area contributed by atoms with Crippen LogP contribution in [0.1, 0.15) is 19.4 Å². The third-order valence-corrected chi connectivity index (χ3v) is 3.23. The molecular formula is C14H19N3OS. The molecule has 19 heavy (non-hydrogen) atoms. The fourth-order valence-corrected chi connectivity index (χ4v) is 2.17. The van der Waals surface area contributed by atoms with Gasteiger partial charge in [0.15, 0.2) is 0 Å². The Bertz CT molecular complexity index is 511. The number of ether oxygens (including phenoxy) is 1. The Labute approximate surface area is 117 Å². The van der Waals surface area contributed by atoms with E-state index in [2.05, 4.69) is 41.0 Å². The van der Waals surface area contributed by atoms with Gasteiger partial charge in [-0.3, -0.25) is 0 Å². The molecule has 0 bridgehead atoms. The summed E-state index contributed by atoms with van der Waals surface area (Å²) in [5.41, 5.74) is 7.67. The van der Waals surface area contributed by atoms with Crippen LogP contribution in [-0.2, 0) is 6.54 Å². The van der Waals surface area contributed by atoms with Gasteiger partial charge in [-0.15, -0.1) is 0 Å². The van der Waals surface area contributed by atoms with Crippen molar-refractivity contribution in [1.82, 2.24) is 4.98 Å². The highest BCUT2D eigenvalue weighted by Crippen LogP contribution is 2.22. The zero-order chi connectivity index (χ0) is 13.7. The first kappa shape index (κ1) is 13.7. The molecule has 0 radical (unpaired) electrons. The van der Waals surface area contributed by atoms with Gasteiger partial charge in [-0.05, 0) is 40.4 Å². The van der Waals surface area contributed by atoms with Crippen molar-refractivity contribution in [2.24, 2.45) is 5.92 Å². The minimum Gasteiger partial charge on any atom is -0.476 e. The Morgan fingerprint density at radius 2 is 2.21 bits per heavy atom. The van der Waals surface area contributed by atoms with Gasteiger partial charge in [-0.2, -0.15) is 16.3 Å². The van der Waals surface area contributed by atoms with Crippen LogP contribution in [0, 0.1) is 5.92 Å². The number of rotatable bonds is 6. The van der Waals surface area contributed by atoms with Gasteiger partial charge in [0.25, 0.3) is 0 Å². The van der Waals surface area contributed by atoms with Gasteiger partial charge in [0.1, 0.15) is 5.82 Å². The Kier molecular flexibility index (Phi) is 4.63. The summed E-state index contributed by atoms with van der Waals surface area (Å²) < 4.78 is 5.60. The summed E-state index contributed by atoms with van der Waals surface area (Å²) in [6.07, 6.45) is 0. The molecule has 0 spiro atoms. The largest absolute Gasteiger partial charge is 0.476 e. The molecule has 0 fully saturated rings. The monoisotopic (exact) mass is 277 g/mol. The third kappa shape index (κ3) is 4.13. The number of aromatic nitrogens is 1. The van der Waals surface area contributed by atoms with E-state index >= 15 is 0 Å². The average Bonchev–Trinajstić information content (AvgIpc) is 2.89. The summed E-state index contributed by atoms with van der Waals surface area (Å²) in [6, 6.07) is 5.77. The first-order valence-corrected chi connectivity index (χ1v) is 7.23. The van der Waals surface area contributed by atoms with E-state index in [1.807, 2.05) is 12.1 Å². The first-order chi connectivity index (χ1) is 9.15. The fourth-order valence-electron chi connectivity index (χ4n) is 1.50. The number of thiophene rings is 1. The fraction of sp³-hybridized carbons (Fsp3) is 0.357. The molecule has 0 atom stereocenters. The quantitative estimate of drug-likeness (QED) is 0.850. The van der Waals surface area contributed by atoms with Crippen LogP contribution in [0.25, 0.3) is 0 Å². The molecule has 102 valence electrons. The number of nitrogen functional groups attached to an aromatic ring is 1. The van der Waals surface area contributed by atoms with E-state index in [9.17, 15) is 0 Å². The number of nitrogens with zero attached hydrogens (tertiary/aromatic N) is 1. The van der Waals surface area contributed by atoms with E-state index in [1.54, 1.807) is 11.3 Å². The van der Waals surface area contributed by atoms with Crippen molar-refractivity contribution in [1.29, 1.82) is 0 Å². The zero-order valence-corrected chi connectivity index (χ0v) is 12.0. The molecular weight excluding hydrogens is 258 g/mol. The van der Waals surface area contributed by atoms with E-state index in [0.29, 0.717) is 24.1 Å². The van der Waals surface area contributed by atoms with Crippen LogP contribution in [-0.4, -0.2) is 11.6 Å². The molecule has 0 aliphatic carbocycles. The molecule has 0 aromatic carbocycles. The van der Waals surface area contributed by atoms with E-state index in [0.717, 1.165) is 12.4 Å². The molecule has 0 amide bonds. The number of hydrogen-bond acceptors (Lipinski definition) is 5. The second-order valence-electron chi connectivity index (χ2n) is 4.78. The van der Waals surface area contributed by atoms with Crippen molar-refractivity contribution in [2.75, 3.05) is 17.7 Å². The topological polar surface area (TPSA) is 60.2 Å². The predicted molar refractivity (Wildman–Crippen MR) is 80.6 cm³/mol. The van der Waals surface area contributed by atoms with Crippen molar-refractivity contribution < 1.29 is 4.74 Å². The Balaban J connectivity index is 1.99. The number of pyridine rings is 1. The van der Waals surface area contributed by atoms with Gasteiger partial charge in [0, 0.05) is 6.54 Å². The number of anilines is 2. The highest BCUT2D eigenvalue weighted by molar-refractivity contribution is 7.07. The lowest BCUT2D eigenvalue weighted by Crippen LogP contribution is -2.09. The number of nitrogens with two attached hydrogens (primary N) is 1. The average molecular weight is 277 g/mol. The van der Waals surface area contributed by atoms with Gasteiger partial charge in [-0.25, -0.2) is 0 Å².